The highest BCUT2D eigenvalue weighted by Gasteiger charge is 2.25. The smallest absolute Gasteiger partial charge is 0.321 e. The Morgan fingerprint density at radius 1 is 1.38 bits per heavy atom. The SMILES string of the molecule is CS(=O)(=O)NC1CCCN(C(=O)Nc2ccccc2F)C1. The van der Waals surface area contributed by atoms with E-state index in [1.807, 2.05) is 0 Å². The maximum atomic E-state index is 13.5. The molecule has 0 saturated carbocycles. The lowest BCUT2D eigenvalue weighted by Crippen LogP contribution is -2.50. The Kier molecular flexibility index (Phi) is 4.79. The van der Waals surface area contributed by atoms with Crippen LogP contribution in [0.5, 0.6) is 0 Å². The van der Waals surface area contributed by atoms with Crippen molar-refractivity contribution in [2.75, 3.05) is 24.7 Å². The minimum atomic E-state index is -3.31. The predicted octanol–water partition coefficient (Wildman–Crippen LogP) is 1.37. The van der Waals surface area contributed by atoms with Crippen molar-refractivity contribution >= 4 is 21.7 Å². The van der Waals surface area contributed by atoms with Crippen LogP contribution < -0.4 is 10.0 Å². The number of urea groups is 1. The quantitative estimate of drug-likeness (QED) is 0.884. The van der Waals surface area contributed by atoms with Gasteiger partial charge in [0.2, 0.25) is 10.0 Å². The molecule has 2 rings (SSSR count). The van der Waals surface area contributed by atoms with Gasteiger partial charge in [-0.15, -0.1) is 0 Å². The van der Waals surface area contributed by atoms with Crippen LogP contribution in [0.2, 0.25) is 0 Å². The van der Waals surface area contributed by atoms with Crippen molar-refractivity contribution in [2.24, 2.45) is 0 Å². The summed E-state index contributed by atoms with van der Waals surface area (Å²) in [5.74, 6) is -0.506. The number of nitrogens with zero attached hydrogens (tertiary/aromatic N) is 1. The Balaban J connectivity index is 1.98. The molecule has 1 saturated heterocycles. The zero-order chi connectivity index (χ0) is 15.5. The van der Waals surface area contributed by atoms with Crippen LogP contribution in [-0.4, -0.2) is 44.7 Å². The van der Waals surface area contributed by atoms with E-state index >= 15 is 0 Å². The monoisotopic (exact) mass is 315 g/mol. The Bertz CT molecular complexity index is 621. The summed E-state index contributed by atoms with van der Waals surface area (Å²) in [6, 6.07) is 5.17. The first-order chi connectivity index (χ1) is 9.85. The number of piperidine rings is 1. The first kappa shape index (κ1) is 15.7. The van der Waals surface area contributed by atoms with Crippen LogP contribution in [0, 0.1) is 5.82 Å². The van der Waals surface area contributed by atoms with E-state index in [2.05, 4.69) is 10.0 Å². The fraction of sp³-hybridized carbons (Fsp3) is 0.462. The van der Waals surface area contributed by atoms with Gasteiger partial charge in [0.05, 0.1) is 11.9 Å². The van der Waals surface area contributed by atoms with Gasteiger partial charge in [0.1, 0.15) is 5.82 Å². The van der Waals surface area contributed by atoms with Crippen LogP contribution in [0.3, 0.4) is 0 Å². The molecule has 2 amide bonds. The molecule has 6 nitrogen and oxygen atoms in total. The number of rotatable bonds is 3. The molecule has 1 heterocycles. The average Bonchev–Trinajstić information content (AvgIpc) is 2.39. The molecule has 1 fully saturated rings. The Labute approximate surface area is 123 Å². The molecule has 0 aromatic heterocycles. The van der Waals surface area contributed by atoms with Crippen LogP contribution >= 0.6 is 0 Å². The zero-order valence-corrected chi connectivity index (χ0v) is 12.5. The predicted molar refractivity (Wildman–Crippen MR) is 78.0 cm³/mol. The van der Waals surface area contributed by atoms with Crippen LogP contribution in [0.4, 0.5) is 14.9 Å². The van der Waals surface area contributed by atoms with Gasteiger partial charge in [-0.05, 0) is 25.0 Å². The van der Waals surface area contributed by atoms with Crippen molar-refractivity contribution in [1.29, 1.82) is 0 Å². The highest BCUT2D eigenvalue weighted by Crippen LogP contribution is 2.16. The summed E-state index contributed by atoms with van der Waals surface area (Å²) in [6.07, 6.45) is 2.46. The highest BCUT2D eigenvalue weighted by molar-refractivity contribution is 7.88. The second kappa shape index (κ2) is 6.40. The van der Waals surface area contributed by atoms with Crippen LogP contribution in [-0.2, 0) is 10.0 Å². The van der Waals surface area contributed by atoms with Crippen LogP contribution in [0.1, 0.15) is 12.8 Å². The molecule has 1 unspecified atom stereocenters. The summed E-state index contributed by atoms with van der Waals surface area (Å²) in [7, 11) is -3.31. The van der Waals surface area contributed by atoms with Gasteiger partial charge in [-0.25, -0.2) is 22.3 Å². The van der Waals surface area contributed by atoms with E-state index in [0.29, 0.717) is 19.4 Å². The Morgan fingerprint density at radius 2 is 2.10 bits per heavy atom. The van der Waals surface area contributed by atoms with Crippen molar-refractivity contribution in [3.63, 3.8) is 0 Å². The maximum Gasteiger partial charge on any atom is 0.321 e. The summed E-state index contributed by atoms with van der Waals surface area (Å²) in [4.78, 5) is 13.6. The third-order valence-electron chi connectivity index (χ3n) is 3.20. The van der Waals surface area contributed by atoms with Gasteiger partial charge in [0.15, 0.2) is 0 Å². The topological polar surface area (TPSA) is 78.5 Å². The molecular weight excluding hydrogens is 297 g/mol. The average molecular weight is 315 g/mol. The number of para-hydroxylation sites is 1. The number of hydrogen-bond donors (Lipinski definition) is 2. The number of carbonyl (C=O) groups is 1. The summed E-state index contributed by atoms with van der Waals surface area (Å²) < 4.78 is 38.4. The minimum Gasteiger partial charge on any atom is -0.323 e. The van der Waals surface area contributed by atoms with Gasteiger partial charge in [-0.3, -0.25) is 0 Å². The number of benzene rings is 1. The number of hydrogen-bond acceptors (Lipinski definition) is 3. The fourth-order valence-corrected chi connectivity index (χ4v) is 3.12. The Morgan fingerprint density at radius 3 is 2.76 bits per heavy atom. The number of carbonyl (C=O) groups excluding carboxylic acids is 1. The highest BCUT2D eigenvalue weighted by atomic mass is 32.2. The molecule has 0 bridgehead atoms. The van der Waals surface area contributed by atoms with Crippen LogP contribution in [0.25, 0.3) is 0 Å². The summed E-state index contributed by atoms with van der Waals surface area (Å²) in [6.45, 7) is 0.787. The van der Waals surface area contributed by atoms with Gasteiger partial charge in [-0.1, -0.05) is 12.1 Å². The van der Waals surface area contributed by atoms with E-state index in [-0.39, 0.29) is 18.3 Å². The van der Waals surface area contributed by atoms with Gasteiger partial charge in [0, 0.05) is 19.1 Å². The van der Waals surface area contributed by atoms with Crippen molar-refractivity contribution in [1.82, 2.24) is 9.62 Å². The van der Waals surface area contributed by atoms with E-state index in [1.54, 1.807) is 6.07 Å². The number of sulfonamides is 1. The molecule has 1 atom stereocenters. The molecule has 0 spiro atoms. The van der Waals surface area contributed by atoms with E-state index < -0.39 is 21.9 Å². The zero-order valence-electron chi connectivity index (χ0n) is 11.7. The van der Waals surface area contributed by atoms with Gasteiger partial charge in [-0.2, -0.15) is 0 Å². The van der Waals surface area contributed by atoms with E-state index in [1.165, 1.54) is 23.1 Å². The molecule has 1 aliphatic heterocycles. The lowest BCUT2D eigenvalue weighted by atomic mass is 10.1. The second-order valence-electron chi connectivity index (χ2n) is 5.09. The van der Waals surface area contributed by atoms with Crippen molar-refractivity contribution in [3.05, 3.63) is 30.1 Å². The van der Waals surface area contributed by atoms with E-state index in [4.69, 9.17) is 0 Å². The first-order valence-electron chi connectivity index (χ1n) is 6.63. The number of halogens is 1. The molecule has 1 aromatic carbocycles. The standard InChI is InChI=1S/C13H18FN3O3S/c1-21(19,20)16-10-5-4-8-17(9-10)13(18)15-12-7-3-2-6-11(12)14/h2-3,6-7,10,16H,4-5,8-9H2,1H3,(H,15,18). The summed E-state index contributed by atoms with van der Waals surface area (Å²) in [5, 5.41) is 2.50. The van der Waals surface area contributed by atoms with Gasteiger partial charge >= 0.3 is 6.03 Å². The fourth-order valence-electron chi connectivity index (χ4n) is 2.32. The molecule has 8 heteroatoms. The lowest BCUT2D eigenvalue weighted by molar-refractivity contribution is 0.190. The number of amides is 2. The molecule has 0 radical (unpaired) electrons. The molecule has 1 aromatic rings. The third-order valence-corrected chi connectivity index (χ3v) is 3.97. The Hall–Kier alpha value is -1.67. The maximum absolute atomic E-state index is 13.5. The summed E-state index contributed by atoms with van der Waals surface area (Å²) >= 11 is 0. The second-order valence-corrected chi connectivity index (χ2v) is 6.87. The van der Waals surface area contributed by atoms with Crippen molar-refractivity contribution in [2.45, 2.75) is 18.9 Å². The molecule has 2 N–H and O–H groups in total. The summed E-state index contributed by atoms with van der Waals surface area (Å²) in [5.41, 5.74) is 0.112. The minimum absolute atomic E-state index is 0.112. The molecule has 116 valence electrons. The van der Waals surface area contributed by atoms with Crippen LogP contribution in [0.15, 0.2) is 24.3 Å². The largest absolute Gasteiger partial charge is 0.323 e. The molecule has 21 heavy (non-hydrogen) atoms. The third kappa shape index (κ3) is 4.68. The van der Waals surface area contributed by atoms with Crippen molar-refractivity contribution < 1.29 is 17.6 Å². The number of anilines is 1. The first-order valence-corrected chi connectivity index (χ1v) is 8.52. The molecule has 1 aliphatic rings. The van der Waals surface area contributed by atoms with Gasteiger partial charge < -0.3 is 10.2 Å². The molecule has 0 aliphatic carbocycles. The number of likely N-dealkylation sites (tertiary alicyclic amines) is 1. The van der Waals surface area contributed by atoms with E-state index in [0.717, 1.165) is 6.26 Å². The van der Waals surface area contributed by atoms with E-state index in [9.17, 15) is 17.6 Å². The van der Waals surface area contributed by atoms with Gasteiger partial charge in [0.25, 0.3) is 0 Å². The van der Waals surface area contributed by atoms with Crippen molar-refractivity contribution in [3.8, 4) is 0 Å². The normalized spacial score (nSPS) is 19.3. The number of nitrogens with one attached hydrogen (secondary N) is 2. The molecular formula is C13H18FN3O3S. The lowest BCUT2D eigenvalue weighted by Gasteiger charge is -2.32.